The van der Waals surface area contributed by atoms with Crippen LogP contribution in [0.15, 0.2) is 61.1 Å². The number of benzene rings is 1. The van der Waals surface area contributed by atoms with Gasteiger partial charge in [0.05, 0.1) is 12.2 Å². The van der Waals surface area contributed by atoms with Crippen molar-refractivity contribution in [3.05, 3.63) is 72.4 Å². The van der Waals surface area contributed by atoms with Crippen LogP contribution in [0, 0.1) is 0 Å². The Balaban J connectivity index is 1.63. The molecular formula is C21H24N6O. The lowest BCUT2D eigenvalue weighted by Crippen LogP contribution is -2.24. The van der Waals surface area contributed by atoms with Crippen molar-refractivity contribution < 1.29 is 4.79 Å². The van der Waals surface area contributed by atoms with Gasteiger partial charge in [-0.15, -0.1) is 0 Å². The molecule has 0 spiro atoms. The Kier molecular flexibility index (Phi) is 6.51. The molecule has 0 fully saturated rings. The summed E-state index contributed by atoms with van der Waals surface area (Å²) in [4.78, 5) is 27.1. The summed E-state index contributed by atoms with van der Waals surface area (Å²) in [7, 11) is 0. The summed E-state index contributed by atoms with van der Waals surface area (Å²) in [5.41, 5.74) is 3.16. The second-order valence-electron chi connectivity index (χ2n) is 6.14. The smallest absolute Gasteiger partial charge is 0.270 e. The van der Waals surface area contributed by atoms with Crippen LogP contribution in [-0.2, 0) is 6.54 Å². The van der Waals surface area contributed by atoms with Crippen molar-refractivity contribution in [1.29, 1.82) is 0 Å². The molecule has 2 heterocycles. The van der Waals surface area contributed by atoms with E-state index >= 15 is 0 Å². The first-order chi connectivity index (χ1) is 13.7. The summed E-state index contributed by atoms with van der Waals surface area (Å²) in [5.74, 6) is 0.293. The molecule has 0 aliphatic heterocycles. The minimum absolute atomic E-state index is 0.270. The maximum absolute atomic E-state index is 12.3. The first-order valence-corrected chi connectivity index (χ1v) is 9.31. The maximum atomic E-state index is 12.3. The van der Waals surface area contributed by atoms with Gasteiger partial charge in [0.1, 0.15) is 17.8 Å². The van der Waals surface area contributed by atoms with Crippen LogP contribution in [0.25, 0.3) is 0 Å². The predicted octanol–water partition coefficient (Wildman–Crippen LogP) is 3.39. The second kappa shape index (κ2) is 9.45. The number of aromatic nitrogens is 3. The Hall–Kier alpha value is -3.48. The minimum Gasteiger partial charge on any atom is -0.372 e. The highest BCUT2D eigenvalue weighted by Gasteiger charge is 2.09. The van der Waals surface area contributed by atoms with Crippen LogP contribution in [0.3, 0.4) is 0 Å². The predicted molar refractivity (Wildman–Crippen MR) is 111 cm³/mol. The van der Waals surface area contributed by atoms with E-state index in [1.165, 1.54) is 12.0 Å². The zero-order chi connectivity index (χ0) is 19.8. The number of nitrogens with zero attached hydrogens (tertiary/aromatic N) is 4. The molecule has 0 atom stereocenters. The van der Waals surface area contributed by atoms with Crippen LogP contribution < -0.4 is 15.5 Å². The number of hydrogen-bond donors (Lipinski definition) is 2. The number of hydrogen-bond acceptors (Lipinski definition) is 6. The van der Waals surface area contributed by atoms with Crippen LogP contribution in [0.5, 0.6) is 0 Å². The third kappa shape index (κ3) is 5.03. The highest BCUT2D eigenvalue weighted by atomic mass is 16.1. The number of anilines is 3. The van der Waals surface area contributed by atoms with Crippen LogP contribution in [0.2, 0.25) is 0 Å². The Labute approximate surface area is 164 Å². The first-order valence-electron chi connectivity index (χ1n) is 9.31. The van der Waals surface area contributed by atoms with E-state index in [-0.39, 0.29) is 5.91 Å². The van der Waals surface area contributed by atoms with Gasteiger partial charge in [-0.05, 0) is 50.2 Å². The second-order valence-corrected chi connectivity index (χ2v) is 6.14. The molecule has 28 heavy (non-hydrogen) atoms. The summed E-state index contributed by atoms with van der Waals surface area (Å²) in [6, 6.07) is 15.3. The molecule has 0 aliphatic carbocycles. The van der Waals surface area contributed by atoms with Gasteiger partial charge in [0.2, 0.25) is 0 Å². The summed E-state index contributed by atoms with van der Waals surface area (Å²) in [5, 5.41) is 6.03. The molecule has 0 bridgehead atoms. The van der Waals surface area contributed by atoms with Crippen molar-refractivity contribution in [2.75, 3.05) is 23.3 Å². The van der Waals surface area contributed by atoms with Crippen molar-refractivity contribution in [3.63, 3.8) is 0 Å². The molecular weight excluding hydrogens is 352 g/mol. The van der Waals surface area contributed by atoms with Gasteiger partial charge in [0, 0.05) is 36.7 Å². The summed E-state index contributed by atoms with van der Waals surface area (Å²) in [6.45, 7) is 6.55. The number of carbonyl (C=O) groups excluding carboxylic acids is 1. The Bertz CT molecular complexity index is 894. The van der Waals surface area contributed by atoms with Crippen molar-refractivity contribution in [2.24, 2.45) is 0 Å². The number of pyridine rings is 1. The largest absolute Gasteiger partial charge is 0.372 e. The summed E-state index contributed by atoms with van der Waals surface area (Å²) < 4.78 is 0. The van der Waals surface area contributed by atoms with Crippen LogP contribution >= 0.6 is 0 Å². The molecule has 0 aliphatic rings. The average Bonchev–Trinajstić information content (AvgIpc) is 2.75. The molecule has 0 unspecified atom stereocenters. The normalized spacial score (nSPS) is 10.4. The lowest BCUT2D eigenvalue weighted by Gasteiger charge is -2.21. The highest BCUT2D eigenvalue weighted by Crippen LogP contribution is 2.20. The van der Waals surface area contributed by atoms with Crippen molar-refractivity contribution in [3.8, 4) is 0 Å². The third-order valence-corrected chi connectivity index (χ3v) is 4.32. The molecule has 2 N–H and O–H groups in total. The number of nitrogens with one attached hydrogen (secondary N) is 2. The third-order valence-electron chi connectivity index (χ3n) is 4.32. The summed E-state index contributed by atoms with van der Waals surface area (Å²) >= 11 is 0. The van der Waals surface area contributed by atoms with Gasteiger partial charge in [-0.1, -0.05) is 6.07 Å². The molecule has 2 aromatic heterocycles. The number of rotatable bonds is 8. The van der Waals surface area contributed by atoms with Gasteiger partial charge >= 0.3 is 0 Å². The quantitative estimate of drug-likeness (QED) is 0.627. The highest BCUT2D eigenvalue weighted by molar-refractivity contribution is 5.92. The summed E-state index contributed by atoms with van der Waals surface area (Å²) in [6.07, 6.45) is 3.07. The van der Waals surface area contributed by atoms with E-state index in [1.807, 2.05) is 30.3 Å². The first kappa shape index (κ1) is 19.3. The minimum atomic E-state index is -0.270. The molecule has 1 amide bonds. The van der Waals surface area contributed by atoms with Crippen LogP contribution in [0.1, 0.15) is 30.0 Å². The van der Waals surface area contributed by atoms with E-state index in [1.54, 1.807) is 12.3 Å². The molecule has 7 heteroatoms. The fraction of sp³-hybridized carbons (Fsp3) is 0.238. The zero-order valence-corrected chi connectivity index (χ0v) is 16.1. The zero-order valence-electron chi connectivity index (χ0n) is 16.1. The lowest BCUT2D eigenvalue weighted by molar-refractivity contribution is 0.0945. The van der Waals surface area contributed by atoms with E-state index in [2.05, 4.69) is 56.5 Å². The number of carbonyl (C=O) groups is 1. The SMILES string of the molecule is CCN(CC)c1ccc(Nc2cc(C(=O)NCc3ccccn3)ncn2)cc1. The Morgan fingerprint density at radius 3 is 2.46 bits per heavy atom. The molecule has 0 saturated heterocycles. The molecule has 144 valence electrons. The molecule has 7 nitrogen and oxygen atoms in total. The van der Waals surface area contributed by atoms with Crippen molar-refractivity contribution >= 4 is 23.1 Å². The van der Waals surface area contributed by atoms with E-state index in [0.29, 0.717) is 18.1 Å². The average molecular weight is 376 g/mol. The van der Waals surface area contributed by atoms with E-state index in [9.17, 15) is 4.79 Å². The Morgan fingerprint density at radius 1 is 1.00 bits per heavy atom. The van der Waals surface area contributed by atoms with Gasteiger partial charge in [-0.25, -0.2) is 9.97 Å². The molecule has 0 radical (unpaired) electrons. The number of amides is 1. The topological polar surface area (TPSA) is 83.0 Å². The van der Waals surface area contributed by atoms with Crippen molar-refractivity contribution in [1.82, 2.24) is 20.3 Å². The fourth-order valence-electron chi connectivity index (χ4n) is 2.81. The fourth-order valence-corrected chi connectivity index (χ4v) is 2.81. The monoisotopic (exact) mass is 376 g/mol. The van der Waals surface area contributed by atoms with Gasteiger partial charge in [0.25, 0.3) is 5.91 Å². The molecule has 1 aromatic carbocycles. The Morgan fingerprint density at radius 2 is 1.79 bits per heavy atom. The standard InChI is InChI=1S/C21H24N6O/c1-3-27(4-2)18-10-8-16(9-11-18)26-20-13-19(24-15-25-20)21(28)23-14-17-7-5-6-12-22-17/h5-13,15H,3-4,14H2,1-2H3,(H,23,28)(H,24,25,26). The van der Waals surface area contributed by atoms with E-state index < -0.39 is 0 Å². The van der Waals surface area contributed by atoms with Crippen LogP contribution in [0.4, 0.5) is 17.2 Å². The molecule has 3 aromatic rings. The van der Waals surface area contributed by atoms with E-state index in [4.69, 9.17) is 0 Å². The van der Waals surface area contributed by atoms with Gasteiger partial charge in [0.15, 0.2) is 0 Å². The molecule has 0 saturated carbocycles. The van der Waals surface area contributed by atoms with Gasteiger partial charge in [-0.2, -0.15) is 0 Å². The van der Waals surface area contributed by atoms with Crippen LogP contribution in [-0.4, -0.2) is 33.9 Å². The van der Waals surface area contributed by atoms with Gasteiger partial charge < -0.3 is 15.5 Å². The van der Waals surface area contributed by atoms with Gasteiger partial charge in [-0.3, -0.25) is 9.78 Å². The molecule has 3 rings (SSSR count). The lowest BCUT2D eigenvalue weighted by atomic mass is 10.2. The van der Waals surface area contributed by atoms with Crippen molar-refractivity contribution in [2.45, 2.75) is 20.4 Å². The maximum Gasteiger partial charge on any atom is 0.270 e. The van der Waals surface area contributed by atoms with E-state index in [0.717, 1.165) is 24.5 Å².